The van der Waals surface area contributed by atoms with E-state index >= 15 is 0 Å². The molecule has 1 saturated heterocycles. The van der Waals surface area contributed by atoms with Gasteiger partial charge in [0, 0.05) is 12.6 Å². The van der Waals surface area contributed by atoms with Gasteiger partial charge in [-0.1, -0.05) is 12.8 Å². The van der Waals surface area contributed by atoms with Gasteiger partial charge in [-0.3, -0.25) is 0 Å². The minimum Gasteiger partial charge on any atom is -0.478 e. The van der Waals surface area contributed by atoms with Crippen LogP contribution in [0.1, 0.15) is 48.9 Å². The lowest BCUT2D eigenvalue weighted by atomic mass is 9.96. The Hall–Kier alpha value is -1.78. The van der Waals surface area contributed by atoms with Crippen LogP contribution >= 0.6 is 0 Å². The summed E-state index contributed by atoms with van der Waals surface area (Å²) in [7, 11) is 0. The average molecular weight is 275 g/mol. The largest absolute Gasteiger partial charge is 0.478 e. The van der Waals surface area contributed by atoms with Crippen LogP contribution in [0.4, 0.5) is 11.5 Å². The standard InChI is InChI=1S/C15H21N3O2/c16-11-8-12(15(19)20)14(17-9-11)18-7-3-6-13(18)10-4-1-2-5-10/h8-10,13H,1-7,16H2,(H,19,20). The zero-order chi connectivity index (χ0) is 14.1. The van der Waals surface area contributed by atoms with Gasteiger partial charge in [0.25, 0.3) is 0 Å². The van der Waals surface area contributed by atoms with Crippen LogP contribution in [0.3, 0.4) is 0 Å². The highest BCUT2D eigenvalue weighted by Crippen LogP contribution is 2.38. The van der Waals surface area contributed by atoms with E-state index in [-0.39, 0.29) is 5.56 Å². The average Bonchev–Trinajstić information content (AvgIpc) is 3.09. The summed E-state index contributed by atoms with van der Waals surface area (Å²) in [5.41, 5.74) is 6.31. The van der Waals surface area contributed by atoms with Gasteiger partial charge in [0.1, 0.15) is 11.4 Å². The fourth-order valence-electron chi connectivity index (χ4n) is 3.75. The highest BCUT2D eigenvalue weighted by atomic mass is 16.4. The third-order valence-electron chi connectivity index (χ3n) is 4.63. The van der Waals surface area contributed by atoms with Crippen molar-refractivity contribution in [2.24, 2.45) is 5.92 Å². The molecule has 5 nitrogen and oxygen atoms in total. The molecule has 1 aromatic rings. The van der Waals surface area contributed by atoms with Crippen molar-refractivity contribution in [1.29, 1.82) is 0 Å². The van der Waals surface area contributed by atoms with Gasteiger partial charge in [-0.25, -0.2) is 9.78 Å². The zero-order valence-corrected chi connectivity index (χ0v) is 11.6. The lowest BCUT2D eigenvalue weighted by molar-refractivity contribution is 0.0697. The Morgan fingerprint density at radius 1 is 1.30 bits per heavy atom. The Morgan fingerprint density at radius 2 is 2.05 bits per heavy atom. The van der Waals surface area contributed by atoms with Crippen LogP contribution < -0.4 is 10.6 Å². The van der Waals surface area contributed by atoms with E-state index in [1.807, 2.05) is 0 Å². The molecule has 2 heterocycles. The molecule has 20 heavy (non-hydrogen) atoms. The van der Waals surface area contributed by atoms with Crippen molar-refractivity contribution in [1.82, 2.24) is 4.98 Å². The van der Waals surface area contributed by atoms with E-state index in [9.17, 15) is 9.90 Å². The summed E-state index contributed by atoms with van der Waals surface area (Å²) in [4.78, 5) is 18.0. The second kappa shape index (κ2) is 5.31. The Bertz CT molecular complexity index is 512. The number of nitrogens with zero attached hydrogens (tertiary/aromatic N) is 2. The number of nitrogens with two attached hydrogens (primary N) is 1. The van der Waals surface area contributed by atoms with Crippen LogP contribution in [-0.2, 0) is 0 Å². The van der Waals surface area contributed by atoms with Crippen LogP contribution in [0.5, 0.6) is 0 Å². The molecule has 2 fully saturated rings. The van der Waals surface area contributed by atoms with E-state index in [2.05, 4.69) is 9.88 Å². The molecule has 1 aliphatic heterocycles. The second-order valence-corrected chi connectivity index (χ2v) is 5.89. The number of nitrogen functional groups attached to an aromatic ring is 1. The van der Waals surface area contributed by atoms with Gasteiger partial charge in [0.2, 0.25) is 0 Å². The predicted molar refractivity (Wildman–Crippen MR) is 77.9 cm³/mol. The van der Waals surface area contributed by atoms with Crippen molar-refractivity contribution in [2.75, 3.05) is 17.2 Å². The lowest BCUT2D eigenvalue weighted by Crippen LogP contribution is -2.36. The molecular formula is C15H21N3O2. The summed E-state index contributed by atoms with van der Waals surface area (Å²) in [5, 5.41) is 9.38. The van der Waals surface area contributed by atoms with Crippen molar-refractivity contribution in [3.63, 3.8) is 0 Å². The van der Waals surface area contributed by atoms with Crippen molar-refractivity contribution in [3.05, 3.63) is 17.8 Å². The molecule has 1 atom stereocenters. The number of carboxylic acid groups (broad SMARTS) is 1. The molecule has 1 saturated carbocycles. The Labute approximate surface area is 118 Å². The first kappa shape index (κ1) is 13.2. The van der Waals surface area contributed by atoms with Crippen LogP contribution in [0, 0.1) is 5.92 Å². The number of rotatable bonds is 3. The molecule has 1 aliphatic carbocycles. The third-order valence-corrected chi connectivity index (χ3v) is 4.63. The number of aromatic carboxylic acids is 1. The third kappa shape index (κ3) is 2.32. The summed E-state index contributed by atoms with van der Waals surface area (Å²) in [6, 6.07) is 1.97. The van der Waals surface area contributed by atoms with Crippen molar-refractivity contribution >= 4 is 17.5 Å². The van der Waals surface area contributed by atoms with E-state index in [0.717, 1.165) is 19.4 Å². The summed E-state index contributed by atoms with van der Waals surface area (Å²) < 4.78 is 0. The molecule has 0 spiro atoms. The topological polar surface area (TPSA) is 79.5 Å². The van der Waals surface area contributed by atoms with Crippen LogP contribution in [0.15, 0.2) is 12.3 Å². The lowest BCUT2D eigenvalue weighted by Gasteiger charge is -2.31. The second-order valence-electron chi connectivity index (χ2n) is 5.89. The van der Waals surface area contributed by atoms with Gasteiger partial charge in [0.05, 0.1) is 11.9 Å². The maximum absolute atomic E-state index is 11.4. The smallest absolute Gasteiger partial charge is 0.339 e. The van der Waals surface area contributed by atoms with E-state index in [1.165, 1.54) is 31.7 Å². The van der Waals surface area contributed by atoms with Crippen LogP contribution in [0.2, 0.25) is 0 Å². The highest BCUT2D eigenvalue weighted by molar-refractivity contribution is 5.94. The van der Waals surface area contributed by atoms with E-state index < -0.39 is 5.97 Å². The molecule has 1 aromatic heterocycles. The summed E-state index contributed by atoms with van der Waals surface area (Å²) >= 11 is 0. The van der Waals surface area contributed by atoms with E-state index in [4.69, 9.17) is 5.73 Å². The van der Waals surface area contributed by atoms with Gasteiger partial charge in [-0.2, -0.15) is 0 Å². The minimum atomic E-state index is -0.947. The Balaban J connectivity index is 1.92. The SMILES string of the molecule is Nc1cnc(N2CCCC2C2CCCC2)c(C(=O)O)c1. The first-order valence-electron chi connectivity index (χ1n) is 7.42. The van der Waals surface area contributed by atoms with Gasteiger partial charge in [0.15, 0.2) is 0 Å². The molecule has 5 heteroatoms. The molecule has 2 aliphatic rings. The molecule has 1 unspecified atom stereocenters. The van der Waals surface area contributed by atoms with Crippen molar-refractivity contribution in [2.45, 2.75) is 44.6 Å². The molecule has 0 radical (unpaired) electrons. The fraction of sp³-hybridized carbons (Fsp3) is 0.600. The quantitative estimate of drug-likeness (QED) is 0.886. The van der Waals surface area contributed by atoms with Gasteiger partial charge < -0.3 is 15.7 Å². The number of pyridine rings is 1. The fourth-order valence-corrected chi connectivity index (χ4v) is 3.75. The molecule has 0 amide bonds. The van der Waals surface area contributed by atoms with Gasteiger partial charge in [-0.15, -0.1) is 0 Å². The maximum atomic E-state index is 11.4. The van der Waals surface area contributed by atoms with Crippen molar-refractivity contribution in [3.8, 4) is 0 Å². The Kier molecular flexibility index (Phi) is 3.51. The first-order valence-corrected chi connectivity index (χ1v) is 7.42. The number of hydrogen-bond acceptors (Lipinski definition) is 4. The first-order chi connectivity index (χ1) is 9.66. The number of carboxylic acids is 1. The van der Waals surface area contributed by atoms with Crippen molar-refractivity contribution < 1.29 is 9.90 Å². The number of carbonyl (C=O) groups is 1. The highest BCUT2D eigenvalue weighted by Gasteiger charge is 2.35. The van der Waals surface area contributed by atoms with Gasteiger partial charge >= 0.3 is 5.97 Å². The molecule has 0 bridgehead atoms. The molecule has 0 aromatic carbocycles. The molecule has 3 rings (SSSR count). The molecular weight excluding hydrogens is 254 g/mol. The van der Waals surface area contributed by atoms with E-state index in [0.29, 0.717) is 23.5 Å². The van der Waals surface area contributed by atoms with E-state index in [1.54, 1.807) is 6.20 Å². The summed E-state index contributed by atoms with van der Waals surface area (Å²) in [6.07, 6.45) is 8.96. The van der Waals surface area contributed by atoms with Crippen LogP contribution in [-0.4, -0.2) is 28.6 Å². The normalized spacial score (nSPS) is 23.4. The summed E-state index contributed by atoms with van der Waals surface area (Å²) in [6.45, 7) is 0.901. The minimum absolute atomic E-state index is 0.231. The number of anilines is 2. The zero-order valence-electron chi connectivity index (χ0n) is 11.6. The van der Waals surface area contributed by atoms with Gasteiger partial charge in [-0.05, 0) is 37.7 Å². The number of hydrogen-bond donors (Lipinski definition) is 2. The molecule has 108 valence electrons. The number of aromatic nitrogens is 1. The predicted octanol–water partition coefficient (Wildman–Crippen LogP) is 2.52. The summed E-state index contributed by atoms with van der Waals surface area (Å²) in [5.74, 6) is 0.344. The monoisotopic (exact) mass is 275 g/mol. The maximum Gasteiger partial charge on any atom is 0.339 e. The molecule has 3 N–H and O–H groups in total. The Morgan fingerprint density at radius 3 is 2.75 bits per heavy atom. The van der Waals surface area contributed by atoms with Crippen LogP contribution in [0.25, 0.3) is 0 Å².